The zero-order chi connectivity index (χ0) is 16.4. The molecule has 0 fully saturated rings. The van der Waals surface area contributed by atoms with Crippen LogP contribution in [0, 0.1) is 0 Å². The summed E-state index contributed by atoms with van der Waals surface area (Å²) in [5.74, 6) is 0.444. The summed E-state index contributed by atoms with van der Waals surface area (Å²) in [5, 5.41) is 12.2. The molecule has 0 spiro atoms. The van der Waals surface area contributed by atoms with E-state index >= 15 is 0 Å². The van der Waals surface area contributed by atoms with E-state index in [1.54, 1.807) is 41.9 Å². The van der Waals surface area contributed by atoms with Crippen LogP contribution in [0.3, 0.4) is 0 Å². The largest absolute Gasteiger partial charge is 0.495 e. The second-order valence-corrected chi connectivity index (χ2v) is 5.14. The van der Waals surface area contributed by atoms with Crippen LogP contribution in [0.15, 0.2) is 36.4 Å². The van der Waals surface area contributed by atoms with E-state index < -0.39 is 5.91 Å². The first-order valence-corrected chi connectivity index (χ1v) is 7.03. The van der Waals surface area contributed by atoms with Crippen LogP contribution >= 0.6 is 11.6 Å². The number of carbonyl (C=O) groups is 1. The Morgan fingerprint density at radius 3 is 2.91 bits per heavy atom. The molecule has 3 rings (SSSR count). The van der Waals surface area contributed by atoms with Gasteiger partial charge < -0.3 is 15.0 Å². The Morgan fingerprint density at radius 2 is 2.17 bits per heavy atom. The van der Waals surface area contributed by atoms with Gasteiger partial charge in [-0.25, -0.2) is 10.5 Å². The van der Waals surface area contributed by atoms with Gasteiger partial charge in [-0.3, -0.25) is 10.0 Å². The number of aromatic amines is 1. The molecule has 0 radical (unpaired) electrons. The van der Waals surface area contributed by atoms with Crippen molar-refractivity contribution < 1.29 is 14.7 Å². The average molecular weight is 333 g/mol. The summed E-state index contributed by atoms with van der Waals surface area (Å²) < 4.78 is 5.16. The standard InChI is InChI=1S/C15H13ClN4O3/c1-23-13-7-12-11(6-10(13)16)18-15(19-12)17-9-4-2-3-8(5-9)14(21)20-22/h2-7,22H,1H3,(H,20,21)(H2,17,18,19). The first-order valence-electron chi connectivity index (χ1n) is 6.65. The molecule has 0 bridgehead atoms. The zero-order valence-corrected chi connectivity index (χ0v) is 12.8. The van der Waals surface area contributed by atoms with E-state index in [1.807, 2.05) is 0 Å². The maximum Gasteiger partial charge on any atom is 0.274 e. The molecule has 23 heavy (non-hydrogen) atoms. The second-order valence-electron chi connectivity index (χ2n) is 4.74. The number of anilines is 2. The number of aromatic nitrogens is 2. The minimum absolute atomic E-state index is 0.318. The molecule has 118 valence electrons. The first-order chi connectivity index (χ1) is 11.1. The number of amides is 1. The minimum Gasteiger partial charge on any atom is -0.495 e. The molecule has 8 heteroatoms. The number of hydrogen-bond acceptors (Lipinski definition) is 5. The van der Waals surface area contributed by atoms with E-state index in [4.69, 9.17) is 21.5 Å². The van der Waals surface area contributed by atoms with Gasteiger partial charge in [0.2, 0.25) is 5.95 Å². The number of H-pyrrole nitrogens is 1. The number of halogens is 1. The van der Waals surface area contributed by atoms with E-state index in [2.05, 4.69) is 15.3 Å². The van der Waals surface area contributed by atoms with Crippen LogP contribution in [-0.2, 0) is 0 Å². The molecule has 1 heterocycles. The van der Waals surface area contributed by atoms with Crippen LogP contribution in [0.25, 0.3) is 11.0 Å². The van der Waals surface area contributed by atoms with Crippen LogP contribution in [0.2, 0.25) is 5.02 Å². The number of methoxy groups -OCH3 is 1. The van der Waals surface area contributed by atoms with Gasteiger partial charge in [0, 0.05) is 17.3 Å². The topological polar surface area (TPSA) is 99.3 Å². The van der Waals surface area contributed by atoms with Crippen LogP contribution in [-0.4, -0.2) is 28.2 Å². The van der Waals surface area contributed by atoms with Crippen LogP contribution in [0.4, 0.5) is 11.6 Å². The molecular weight excluding hydrogens is 320 g/mol. The molecule has 0 unspecified atom stereocenters. The summed E-state index contributed by atoms with van der Waals surface area (Å²) in [5.41, 5.74) is 4.00. The number of ether oxygens (including phenoxy) is 1. The Morgan fingerprint density at radius 1 is 1.35 bits per heavy atom. The molecule has 1 amide bonds. The van der Waals surface area contributed by atoms with Crippen molar-refractivity contribution in [2.45, 2.75) is 0 Å². The van der Waals surface area contributed by atoms with E-state index in [0.717, 1.165) is 5.52 Å². The van der Waals surface area contributed by atoms with Crippen molar-refractivity contribution in [2.75, 3.05) is 12.4 Å². The monoisotopic (exact) mass is 332 g/mol. The minimum atomic E-state index is -0.588. The third-order valence-corrected chi connectivity index (χ3v) is 3.54. The van der Waals surface area contributed by atoms with Crippen LogP contribution < -0.4 is 15.5 Å². The predicted octanol–water partition coefficient (Wildman–Crippen LogP) is 3.09. The molecule has 1 aromatic heterocycles. The lowest BCUT2D eigenvalue weighted by Gasteiger charge is -2.04. The summed E-state index contributed by atoms with van der Waals surface area (Å²) in [6, 6.07) is 10.1. The van der Waals surface area contributed by atoms with E-state index in [9.17, 15) is 4.79 Å². The molecular formula is C15H13ClN4O3. The molecule has 0 saturated heterocycles. The lowest BCUT2D eigenvalue weighted by atomic mass is 10.2. The van der Waals surface area contributed by atoms with Gasteiger partial charge in [-0.1, -0.05) is 17.7 Å². The fourth-order valence-electron chi connectivity index (χ4n) is 2.17. The van der Waals surface area contributed by atoms with Gasteiger partial charge in [0.25, 0.3) is 5.91 Å². The summed E-state index contributed by atoms with van der Waals surface area (Å²) in [6.45, 7) is 0. The third kappa shape index (κ3) is 3.05. The van der Waals surface area contributed by atoms with Crippen LogP contribution in [0.1, 0.15) is 10.4 Å². The van der Waals surface area contributed by atoms with Gasteiger partial charge in [0.15, 0.2) is 0 Å². The summed E-state index contributed by atoms with van der Waals surface area (Å²) in [4.78, 5) is 18.9. The van der Waals surface area contributed by atoms with Crippen molar-refractivity contribution >= 4 is 40.2 Å². The SMILES string of the molecule is COc1cc2nc(Nc3cccc(C(=O)NO)c3)[nH]c2cc1Cl. The van der Waals surface area contributed by atoms with Crippen molar-refractivity contribution in [3.05, 3.63) is 47.0 Å². The molecule has 0 aliphatic heterocycles. The molecule has 4 N–H and O–H groups in total. The number of imidazole rings is 1. The van der Waals surface area contributed by atoms with Crippen molar-refractivity contribution in [3.8, 4) is 5.75 Å². The molecule has 0 aliphatic carbocycles. The molecule has 0 aliphatic rings. The Bertz CT molecular complexity index is 878. The smallest absolute Gasteiger partial charge is 0.274 e. The van der Waals surface area contributed by atoms with Gasteiger partial charge in [-0.15, -0.1) is 0 Å². The van der Waals surface area contributed by atoms with Crippen molar-refractivity contribution in [1.82, 2.24) is 15.4 Å². The van der Waals surface area contributed by atoms with Gasteiger partial charge in [-0.2, -0.15) is 0 Å². The molecule has 2 aromatic carbocycles. The van der Waals surface area contributed by atoms with E-state index in [1.165, 1.54) is 7.11 Å². The Labute approximate surface area is 136 Å². The van der Waals surface area contributed by atoms with Crippen molar-refractivity contribution in [2.24, 2.45) is 0 Å². The lowest BCUT2D eigenvalue weighted by Crippen LogP contribution is -2.18. The Balaban J connectivity index is 1.91. The van der Waals surface area contributed by atoms with Gasteiger partial charge >= 0.3 is 0 Å². The van der Waals surface area contributed by atoms with E-state index in [0.29, 0.717) is 33.5 Å². The number of hydroxylamine groups is 1. The number of nitrogens with zero attached hydrogens (tertiary/aromatic N) is 1. The number of carbonyl (C=O) groups excluding carboxylic acids is 1. The summed E-state index contributed by atoms with van der Waals surface area (Å²) in [6.07, 6.45) is 0. The highest BCUT2D eigenvalue weighted by Crippen LogP contribution is 2.30. The van der Waals surface area contributed by atoms with Gasteiger partial charge in [0.1, 0.15) is 5.75 Å². The average Bonchev–Trinajstić information content (AvgIpc) is 2.94. The van der Waals surface area contributed by atoms with Crippen molar-refractivity contribution in [1.29, 1.82) is 0 Å². The molecule has 0 saturated carbocycles. The maximum atomic E-state index is 11.4. The quantitative estimate of drug-likeness (QED) is 0.434. The Kier molecular flexibility index (Phi) is 4.05. The van der Waals surface area contributed by atoms with E-state index in [-0.39, 0.29) is 0 Å². The zero-order valence-electron chi connectivity index (χ0n) is 12.1. The molecule has 0 atom stereocenters. The highest BCUT2D eigenvalue weighted by Gasteiger charge is 2.09. The number of benzene rings is 2. The number of hydrogen-bond donors (Lipinski definition) is 4. The number of rotatable bonds is 4. The lowest BCUT2D eigenvalue weighted by molar-refractivity contribution is 0.0706. The summed E-state index contributed by atoms with van der Waals surface area (Å²) in [7, 11) is 1.54. The van der Waals surface area contributed by atoms with Gasteiger partial charge in [-0.05, 0) is 24.3 Å². The third-order valence-electron chi connectivity index (χ3n) is 3.24. The van der Waals surface area contributed by atoms with Crippen LogP contribution in [0.5, 0.6) is 5.75 Å². The fraction of sp³-hybridized carbons (Fsp3) is 0.0667. The molecule has 7 nitrogen and oxygen atoms in total. The number of nitrogens with one attached hydrogen (secondary N) is 3. The highest BCUT2D eigenvalue weighted by atomic mass is 35.5. The maximum absolute atomic E-state index is 11.4. The normalized spacial score (nSPS) is 10.6. The fourth-order valence-corrected chi connectivity index (χ4v) is 2.41. The predicted molar refractivity (Wildman–Crippen MR) is 86.6 cm³/mol. The van der Waals surface area contributed by atoms with Crippen molar-refractivity contribution in [3.63, 3.8) is 0 Å². The molecule has 3 aromatic rings. The number of fused-ring (bicyclic) bond motifs is 1. The second kappa shape index (κ2) is 6.15. The van der Waals surface area contributed by atoms with Gasteiger partial charge in [0.05, 0.1) is 23.2 Å². The highest BCUT2D eigenvalue weighted by molar-refractivity contribution is 6.32. The first kappa shape index (κ1) is 15.1. The summed E-state index contributed by atoms with van der Waals surface area (Å²) >= 11 is 6.08. The Hall–Kier alpha value is -2.77.